The molecule has 0 bridgehead atoms. The van der Waals surface area contributed by atoms with E-state index in [2.05, 4.69) is 16.0 Å². The number of carbonyl (C=O) groups is 1. The highest BCUT2D eigenvalue weighted by atomic mass is 35.5. The third-order valence-corrected chi connectivity index (χ3v) is 3.95. The molecular weight excluding hydrogens is 358 g/mol. The van der Waals surface area contributed by atoms with Gasteiger partial charge in [0.25, 0.3) is 0 Å². The zero-order chi connectivity index (χ0) is 18.7. The van der Waals surface area contributed by atoms with Gasteiger partial charge in [-0.1, -0.05) is 23.7 Å². The molecule has 3 aromatic rings. The molecule has 8 heteroatoms. The summed E-state index contributed by atoms with van der Waals surface area (Å²) in [7, 11) is 3.13. The number of para-hydroxylation sites is 1. The van der Waals surface area contributed by atoms with Gasteiger partial charge in [-0.15, -0.1) is 0 Å². The molecule has 0 atom stereocenters. The maximum atomic E-state index is 12.4. The van der Waals surface area contributed by atoms with Gasteiger partial charge in [0.15, 0.2) is 5.69 Å². The summed E-state index contributed by atoms with van der Waals surface area (Å²) in [6.07, 6.45) is 0. The van der Waals surface area contributed by atoms with Gasteiger partial charge in [-0.05, 0) is 30.3 Å². The summed E-state index contributed by atoms with van der Waals surface area (Å²) in [5.41, 5.74) is 0.592. The Morgan fingerprint density at radius 1 is 1.12 bits per heavy atom. The van der Waals surface area contributed by atoms with Crippen LogP contribution in [-0.2, 0) is 0 Å². The Kier molecular flexibility index (Phi) is 4.99. The molecular formula is C18H16ClN3O4. The summed E-state index contributed by atoms with van der Waals surface area (Å²) in [5, 5.41) is 9.17. The number of nitrogens with one attached hydrogen (secondary N) is 3. The molecule has 1 aromatic heterocycles. The van der Waals surface area contributed by atoms with E-state index in [-0.39, 0.29) is 5.69 Å². The summed E-state index contributed by atoms with van der Waals surface area (Å²) < 4.78 is 10.5. The van der Waals surface area contributed by atoms with Crippen LogP contribution < -0.4 is 26.3 Å². The zero-order valence-corrected chi connectivity index (χ0v) is 14.8. The number of benzene rings is 2. The number of halogens is 1. The van der Waals surface area contributed by atoms with Gasteiger partial charge in [-0.25, -0.2) is 9.59 Å². The first kappa shape index (κ1) is 17.6. The fourth-order valence-electron chi connectivity index (χ4n) is 2.57. The molecule has 26 heavy (non-hydrogen) atoms. The Bertz CT molecular complexity index is 1030. The minimum atomic E-state index is -0.666. The number of hydrogen-bond acceptors (Lipinski definition) is 5. The Balaban J connectivity index is 1.94. The second kappa shape index (κ2) is 7.37. The predicted octanol–water partition coefficient (Wildman–Crippen LogP) is 4.14. The summed E-state index contributed by atoms with van der Waals surface area (Å²) in [6, 6.07) is 11.2. The van der Waals surface area contributed by atoms with Crippen molar-refractivity contribution >= 4 is 45.7 Å². The van der Waals surface area contributed by atoms with E-state index in [1.807, 2.05) is 6.07 Å². The number of ether oxygens (including phenoxy) is 1. The lowest BCUT2D eigenvalue weighted by Crippen LogP contribution is -2.24. The predicted molar refractivity (Wildman–Crippen MR) is 103 cm³/mol. The van der Waals surface area contributed by atoms with Crippen LogP contribution in [0.1, 0.15) is 0 Å². The van der Waals surface area contributed by atoms with Crippen LogP contribution in [-0.4, -0.2) is 20.2 Å². The van der Waals surface area contributed by atoms with Crippen LogP contribution in [0, 0.1) is 0 Å². The monoisotopic (exact) mass is 373 g/mol. The highest BCUT2D eigenvalue weighted by Gasteiger charge is 2.17. The van der Waals surface area contributed by atoms with Crippen molar-refractivity contribution in [1.82, 2.24) is 0 Å². The molecule has 2 aromatic carbocycles. The molecule has 134 valence electrons. The Morgan fingerprint density at radius 3 is 2.62 bits per heavy atom. The minimum Gasteiger partial charge on any atom is -0.495 e. The lowest BCUT2D eigenvalue weighted by Gasteiger charge is -2.14. The van der Waals surface area contributed by atoms with Crippen molar-refractivity contribution in [2.24, 2.45) is 0 Å². The fraction of sp³-hybridized carbons (Fsp3) is 0.111. The minimum absolute atomic E-state index is 0.00435. The average molecular weight is 374 g/mol. The van der Waals surface area contributed by atoms with Crippen molar-refractivity contribution in [2.75, 3.05) is 30.1 Å². The maximum absolute atomic E-state index is 12.4. The van der Waals surface area contributed by atoms with Gasteiger partial charge >= 0.3 is 11.7 Å². The number of fused-ring (bicyclic) bond motifs is 1. The Hall–Kier alpha value is -3.19. The SMILES string of the molecule is CNc1c(NC(=O)Nc2cc(Cl)ccc2OC)c(=O)oc2ccccc12. The molecule has 0 fully saturated rings. The molecule has 1 heterocycles. The average Bonchev–Trinajstić information content (AvgIpc) is 2.62. The summed E-state index contributed by atoms with van der Waals surface area (Å²) in [5.74, 6) is 0.434. The number of anilines is 3. The van der Waals surface area contributed by atoms with Gasteiger partial charge in [-0.3, -0.25) is 5.32 Å². The normalized spacial score (nSPS) is 10.4. The number of methoxy groups -OCH3 is 1. The van der Waals surface area contributed by atoms with Crippen LogP contribution in [0.5, 0.6) is 5.75 Å². The summed E-state index contributed by atoms with van der Waals surface area (Å²) in [4.78, 5) is 24.7. The van der Waals surface area contributed by atoms with Crippen LogP contribution in [0.4, 0.5) is 21.9 Å². The van der Waals surface area contributed by atoms with Gasteiger partial charge in [0.1, 0.15) is 11.3 Å². The highest BCUT2D eigenvalue weighted by Crippen LogP contribution is 2.30. The van der Waals surface area contributed by atoms with Crippen LogP contribution in [0.15, 0.2) is 51.7 Å². The van der Waals surface area contributed by atoms with E-state index in [0.717, 1.165) is 0 Å². The van der Waals surface area contributed by atoms with E-state index in [0.29, 0.717) is 33.1 Å². The van der Waals surface area contributed by atoms with E-state index < -0.39 is 11.7 Å². The fourth-order valence-corrected chi connectivity index (χ4v) is 2.74. The van der Waals surface area contributed by atoms with E-state index in [9.17, 15) is 9.59 Å². The van der Waals surface area contributed by atoms with Gasteiger partial charge in [0.05, 0.1) is 18.5 Å². The van der Waals surface area contributed by atoms with Crippen molar-refractivity contribution < 1.29 is 13.9 Å². The van der Waals surface area contributed by atoms with Crippen molar-refractivity contribution in [3.63, 3.8) is 0 Å². The molecule has 2 amide bonds. The highest BCUT2D eigenvalue weighted by molar-refractivity contribution is 6.31. The number of hydrogen-bond donors (Lipinski definition) is 3. The third kappa shape index (κ3) is 3.43. The first-order valence-corrected chi connectivity index (χ1v) is 8.06. The van der Waals surface area contributed by atoms with Crippen molar-refractivity contribution in [3.05, 3.63) is 57.9 Å². The zero-order valence-electron chi connectivity index (χ0n) is 14.1. The molecule has 0 saturated carbocycles. The van der Waals surface area contributed by atoms with Crippen LogP contribution in [0.25, 0.3) is 11.0 Å². The molecule has 0 radical (unpaired) electrons. The number of rotatable bonds is 4. The number of urea groups is 1. The van der Waals surface area contributed by atoms with E-state index in [1.54, 1.807) is 43.4 Å². The molecule has 0 aliphatic rings. The molecule has 3 N–H and O–H groups in total. The lowest BCUT2D eigenvalue weighted by molar-refractivity contribution is 0.262. The Labute approximate surface area is 153 Å². The van der Waals surface area contributed by atoms with Crippen LogP contribution >= 0.6 is 11.6 Å². The first-order chi connectivity index (χ1) is 12.5. The second-order valence-corrected chi connectivity index (χ2v) is 5.75. The first-order valence-electron chi connectivity index (χ1n) is 7.68. The van der Waals surface area contributed by atoms with E-state index >= 15 is 0 Å². The van der Waals surface area contributed by atoms with Crippen molar-refractivity contribution in [2.45, 2.75) is 0 Å². The molecule has 0 spiro atoms. The quantitative estimate of drug-likeness (QED) is 0.598. The molecule has 0 saturated heterocycles. The number of carbonyl (C=O) groups excluding carboxylic acids is 1. The topological polar surface area (TPSA) is 92.6 Å². The van der Waals surface area contributed by atoms with Gasteiger partial charge in [0, 0.05) is 17.5 Å². The van der Waals surface area contributed by atoms with E-state index in [4.69, 9.17) is 20.8 Å². The van der Waals surface area contributed by atoms with E-state index in [1.165, 1.54) is 7.11 Å². The standard InChI is InChI=1S/C18H16ClN3O4/c1-20-15-11-5-3-4-6-13(11)26-17(23)16(15)22-18(24)21-12-9-10(19)7-8-14(12)25-2/h3-9,20H,1-2H3,(H2,21,22,24). The van der Waals surface area contributed by atoms with Crippen molar-refractivity contribution in [3.8, 4) is 5.75 Å². The summed E-state index contributed by atoms with van der Waals surface area (Å²) in [6.45, 7) is 0. The van der Waals surface area contributed by atoms with Gasteiger partial charge in [0.2, 0.25) is 0 Å². The summed E-state index contributed by atoms with van der Waals surface area (Å²) >= 11 is 5.95. The van der Waals surface area contributed by atoms with Gasteiger partial charge < -0.3 is 19.8 Å². The second-order valence-electron chi connectivity index (χ2n) is 5.31. The van der Waals surface area contributed by atoms with Crippen LogP contribution in [0.2, 0.25) is 5.02 Å². The molecule has 0 unspecified atom stereocenters. The van der Waals surface area contributed by atoms with Crippen LogP contribution in [0.3, 0.4) is 0 Å². The smallest absolute Gasteiger partial charge is 0.362 e. The third-order valence-electron chi connectivity index (χ3n) is 3.71. The molecule has 0 aliphatic carbocycles. The molecule has 3 rings (SSSR count). The lowest BCUT2D eigenvalue weighted by atomic mass is 10.2. The maximum Gasteiger partial charge on any atom is 0.362 e. The molecule has 0 aliphatic heterocycles. The Morgan fingerprint density at radius 2 is 1.88 bits per heavy atom. The molecule has 7 nitrogen and oxygen atoms in total. The van der Waals surface area contributed by atoms with Crippen molar-refractivity contribution in [1.29, 1.82) is 0 Å². The van der Waals surface area contributed by atoms with Gasteiger partial charge in [-0.2, -0.15) is 0 Å². The number of amides is 2. The largest absolute Gasteiger partial charge is 0.495 e.